The van der Waals surface area contributed by atoms with Crippen LogP contribution < -0.4 is 0 Å². The number of ether oxygens (including phenoxy) is 1. The minimum Gasteiger partial charge on any atom is -0.389 e. The Morgan fingerprint density at radius 2 is 2.29 bits per heavy atom. The fraction of sp³-hybridized carbons (Fsp3) is 0.636. The first kappa shape index (κ1) is 13.7. The van der Waals surface area contributed by atoms with Gasteiger partial charge in [0.1, 0.15) is 0 Å². The standard InChI is InChI=1S/C11H19ClO2/c1-9(2)11(13)5-4-10(8-12)6-7-14-3/h6,11,13H,1,4-5,7-8H2,2-3H3/b10-6-/t11-/m1/s1. The molecular formula is C11H19ClO2. The van der Waals surface area contributed by atoms with Gasteiger partial charge in [-0.15, -0.1) is 11.6 Å². The smallest absolute Gasteiger partial charge is 0.0747 e. The Hall–Kier alpha value is -0.310. The molecule has 0 unspecified atom stereocenters. The molecule has 0 saturated carbocycles. The maximum absolute atomic E-state index is 9.50. The molecule has 14 heavy (non-hydrogen) atoms. The maximum Gasteiger partial charge on any atom is 0.0747 e. The zero-order valence-corrected chi connectivity index (χ0v) is 9.68. The average Bonchev–Trinajstić information content (AvgIpc) is 2.17. The van der Waals surface area contributed by atoms with Crippen molar-refractivity contribution in [2.45, 2.75) is 25.9 Å². The van der Waals surface area contributed by atoms with E-state index in [2.05, 4.69) is 6.58 Å². The lowest BCUT2D eigenvalue weighted by molar-refractivity contribution is 0.200. The summed E-state index contributed by atoms with van der Waals surface area (Å²) in [5, 5.41) is 9.50. The third-order valence-electron chi connectivity index (χ3n) is 2.02. The van der Waals surface area contributed by atoms with Crippen molar-refractivity contribution in [3.05, 3.63) is 23.8 Å². The van der Waals surface area contributed by atoms with E-state index in [1.165, 1.54) is 0 Å². The Balaban J connectivity index is 3.89. The van der Waals surface area contributed by atoms with Gasteiger partial charge in [-0.3, -0.25) is 0 Å². The third kappa shape index (κ3) is 6.19. The van der Waals surface area contributed by atoms with E-state index < -0.39 is 6.10 Å². The molecule has 0 aromatic heterocycles. The Morgan fingerprint density at radius 3 is 2.71 bits per heavy atom. The van der Waals surface area contributed by atoms with Crippen LogP contribution in [-0.4, -0.2) is 30.8 Å². The summed E-state index contributed by atoms with van der Waals surface area (Å²) >= 11 is 5.74. The molecule has 1 atom stereocenters. The van der Waals surface area contributed by atoms with Crippen LogP contribution in [0.1, 0.15) is 19.8 Å². The minimum atomic E-state index is -0.427. The molecule has 3 heteroatoms. The Kier molecular flexibility index (Phi) is 7.86. The van der Waals surface area contributed by atoms with Gasteiger partial charge in [-0.25, -0.2) is 0 Å². The van der Waals surface area contributed by atoms with Gasteiger partial charge in [-0.05, 0) is 19.8 Å². The predicted molar refractivity (Wildman–Crippen MR) is 60.7 cm³/mol. The zero-order chi connectivity index (χ0) is 11.0. The Morgan fingerprint density at radius 1 is 1.64 bits per heavy atom. The summed E-state index contributed by atoms with van der Waals surface area (Å²) in [5.74, 6) is 0.492. The van der Waals surface area contributed by atoms with Gasteiger partial charge in [-0.2, -0.15) is 0 Å². The van der Waals surface area contributed by atoms with Crippen molar-refractivity contribution in [3.63, 3.8) is 0 Å². The summed E-state index contributed by atoms with van der Waals surface area (Å²) in [6.07, 6.45) is 3.00. The number of aliphatic hydroxyl groups is 1. The SMILES string of the molecule is C=C(C)[C@H](O)CC/C(=C/COC)CCl. The average molecular weight is 219 g/mol. The van der Waals surface area contributed by atoms with E-state index in [0.29, 0.717) is 18.9 Å². The normalized spacial score (nSPS) is 14.1. The van der Waals surface area contributed by atoms with Gasteiger partial charge in [0, 0.05) is 13.0 Å². The fourth-order valence-corrected chi connectivity index (χ4v) is 1.24. The number of hydrogen-bond donors (Lipinski definition) is 1. The highest BCUT2D eigenvalue weighted by Crippen LogP contribution is 2.13. The van der Waals surface area contributed by atoms with E-state index >= 15 is 0 Å². The molecule has 82 valence electrons. The van der Waals surface area contributed by atoms with Crippen LogP contribution in [-0.2, 0) is 4.74 Å². The van der Waals surface area contributed by atoms with Gasteiger partial charge in [0.05, 0.1) is 12.7 Å². The molecule has 0 aliphatic rings. The van der Waals surface area contributed by atoms with Crippen LogP contribution in [0.15, 0.2) is 23.8 Å². The first-order valence-electron chi connectivity index (χ1n) is 4.68. The van der Waals surface area contributed by atoms with Crippen LogP contribution in [0.2, 0.25) is 0 Å². The van der Waals surface area contributed by atoms with Crippen molar-refractivity contribution >= 4 is 11.6 Å². The molecule has 0 bridgehead atoms. The third-order valence-corrected chi connectivity index (χ3v) is 2.36. The van der Waals surface area contributed by atoms with Crippen LogP contribution in [0.4, 0.5) is 0 Å². The molecule has 0 aromatic rings. The van der Waals surface area contributed by atoms with Gasteiger partial charge >= 0.3 is 0 Å². The minimum absolute atomic E-state index is 0.427. The summed E-state index contributed by atoms with van der Waals surface area (Å²) in [7, 11) is 1.64. The molecule has 0 fully saturated rings. The first-order chi connectivity index (χ1) is 6.61. The molecule has 1 N–H and O–H groups in total. The van der Waals surface area contributed by atoms with Crippen molar-refractivity contribution in [1.82, 2.24) is 0 Å². The van der Waals surface area contributed by atoms with E-state index in [9.17, 15) is 5.11 Å². The van der Waals surface area contributed by atoms with Crippen molar-refractivity contribution < 1.29 is 9.84 Å². The van der Waals surface area contributed by atoms with Crippen molar-refractivity contribution in [3.8, 4) is 0 Å². The number of allylic oxidation sites excluding steroid dienone is 1. The van der Waals surface area contributed by atoms with E-state index in [1.807, 2.05) is 13.0 Å². The molecule has 0 saturated heterocycles. The second-order valence-corrected chi connectivity index (χ2v) is 3.62. The number of methoxy groups -OCH3 is 1. The predicted octanol–water partition coefficient (Wildman–Crippen LogP) is 2.52. The van der Waals surface area contributed by atoms with Crippen LogP contribution in [0, 0.1) is 0 Å². The van der Waals surface area contributed by atoms with Gasteiger partial charge in [-0.1, -0.05) is 23.8 Å². The van der Waals surface area contributed by atoms with Crippen molar-refractivity contribution in [2.75, 3.05) is 19.6 Å². The number of rotatable bonds is 7. The lowest BCUT2D eigenvalue weighted by Crippen LogP contribution is -2.07. The molecule has 0 aliphatic heterocycles. The molecule has 0 aromatic carbocycles. The van der Waals surface area contributed by atoms with Crippen LogP contribution in [0.5, 0.6) is 0 Å². The molecule has 0 spiro atoms. The summed E-state index contributed by atoms with van der Waals surface area (Å²) in [4.78, 5) is 0. The van der Waals surface area contributed by atoms with Crippen LogP contribution in [0.25, 0.3) is 0 Å². The topological polar surface area (TPSA) is 29.5 Å². The highest BCUT2D eigenvalue weighted by molar-refractivity contribution is 6.19. The second kappa shape index (κ2) is 8.04. The van der Waals surface area contributed by atoms with Gasteiger partial charge < -0.3 is 9.84 Å². The molecule has 0 heterocycles. The highest BCUT2D eigenvalue weighted by Gasteiger charge is 2.05. The zero-order valence-electron chi connectivity index (χ0n) is 8.92. The largest absolute Gasteiger partial charge is 0.389 e. The van der Waals surface area contributed by atoms with Crippen molar-refractivity contribution in [2.24, 2.45) is 0 Å². The fourth-order valence-electron chi connectivity index (χ4n) is 0.993. The molecule has 2 nitrogen and oxygen atoms in total. The number of alkyl halides is 1. The molecule has 0 rings (SSSR count). The number of aliphatic hydroxyl groups excluding tert-OH is 1. The van der Waals surface area contributed by atoms with Gasteiger partial charge in [0.15, 0.2) is 0 Å². The maximum atomic E-state index is 9.50. The summed E-state index contributed by atoms with van der Waals surface area (Å²) in [6.45, 7) is 6.09. The van der Waals surface area contributed by atoms with E-state index in [4.69, 9.17) is 16.3 Å². The number of halogens is 1. The molecule has 0 aliphatic carbocycles. The van der Waals surface area contributed by atoms with Crippen LogP contribution in [0.3, 0.4) is 0 Å². The monoisotopic (exact) mass is 218 g/mol. The van der Waals surface area contributed by atoms with E-state index in [-0.39, 0.29) is 0 Å². The quantitative estimate of drug-likeness (QED) is 0.526. The van der Waals surface area contributed by atoms with Crippen LogP contribution >= 0.6 is 11.6 Å². The van der Waals surface area contributed by atoms with E-state index in [1.54, 1.807) is 7.11 Å². The van der Waals surface area contributed by atoms with Gasteiger partial charge in [0.2, 0.25) is 0 Å². The Bertz CT molecular complexity index is 199. The van der Waals surface area contributed by atoms with Gasteiger partial charge in [0.25, 0.3) is 0 Å². The first-order valence-corrected chi connectivity index (χ1v) is 5.21. The molecular weight excluding hydrogens is 200 g/mol. The molecule has 0 radical (unpaired) electrons. The van der Waals surface area contributed by atoms with E-state index in [0.717, 1.165) is 17.6 Å². The summed E-state index contributed by atoms with van der Waals surface area (Å²) in [5.41, 5.74) is 1.90. The number of hydrogen-bond acceptors (Lipinski definition) is 2. The second-order valence-electron chi connectivity index (χ2n) is 3.35. The lowest BCUT2D eigenvalue weighted by atomic mass is 10.0. The lowest BCUT2D eigenvalue weighted by Gasteiger charge is -2.10. The molecule has 0 amide bonds. The summed E-state index contributed by atoms with van der Waals surface area (Å²) in [6, 6.07) is 0. The summed E-state index contributed by atoms with van der Waals surface area (Å²) < 4.78 is 4.91. The van der Waals surface area contributed by atoms with Crippen molar-refractivity contribution in [1.29, 1.82) is 0 Å². The Labute approximate surface area is 91.2 Å². The highest BCUT2D eigenvalue weighted by atomic mass is 35.5.